The van der Waals surface area contributed by atoms with Crippen LogP contribution in [0.4, 0.5) is 5.69 Å². The van der Waals surface area contributed by atoms with E-state index in [0.29, 0.717) is 23.1 Å². The van der Waals surface area contributed by atoms with Gasteiger partial charge in [0.05, 0.1) is 11.9 Å². The molecule has 1 atom stereocenters. The van der Waals surface area contributed by atoms with Crippen LogP contribution in [-0.2, 0) is 0 Å². The van der Waals surface area contributed by atoms with Gasteiger partial charge in [-0.3, -0.25) is 9.78 Å². The number of pyridine rings is 1. The molecule has 1 aromatic heterocycles. The normalized spacial score (nSPS) is 13.9. The zero-order valence-electron chi connectivity index (χ0n) is 12.8. The van der Waals surface area contributed by atoms with Crippen molar-refractivity contribution in [2.75, 3.05) is 13.6 Å². The lowest BCUT2D eigenvalue weighted by Crippen LogP contribution is -2.34. The Labute approximate surface area is 125 Å². The van der Waals surface area contributed by atoms with Crippen molar-refractivity contribution in [2.24, 2.45) is 10.7 Å². The number of rotatable bonds is 8. The zero-order chi connectivity index (χ0) is 15.7. The van der Waals surface area contributed by atoms with Crippen LogP contribution < -0.4 is 16.4 Å². The summed E-state index contributed by atoms with van der Waals surface area (Å²) in [5.74, 6) is 0.359. The third-order valence-electron chi connectivity index (χ3n) is 3.08. The largest absolute Gasteiger partial charge is 0.387 e. The van der Waals surface area contributed by atoms with E-state index in [9.17, 15) is 4.79 Å². The van der Waals surface area contributed by atoms with Gasteiger partial charge < -0.3 is 16.4 Å². The van der Waals surface area contributed by atoms with Crippen molar-refractivity contribution >= 4 is 17.8 Å². The number of aliphatic imine (C=N–C) groups is 1. The summed E-state index contributed by atoms with van der Waals surface area (Å²) in [5, 5.41) is 6.42. The van der Waals surface area contributed by atoms with Gasteiger partial charge in [0.15, 0.2) is 6.29 Å². The first-order valence-electron chi connectivity index (χ1n) is 6.93. The molecule has 0 aromatic carbocycles. The fourth-order valence-electron chi connectivity index (χ4n) is 1.69. The molecule has 0 radical (unpaired) electrons. The lowest BCUT2D eigenvalue weighted by molar-refractivity contribution is 0.112. The second-order valence-corrected chi connectivity index (χ2v) is 4.71. The molecule has 1 heterocycles. The number of carbonyl (C=O) groups excluding carboxylic acids is 1. The molecule has 0 saturated heterocycles. The van der Waals surface area contributed by atoms with Crippen LogP contribution in [0.25, 0.3) is 0 Å². The van der Waals surface area contributed by atoms with Gasteiger partial charge >= 0.3 is 0 Å². The quantitative estimate of drug-likeness (QED) is 0.382. The lowest BCUT2D eigenvalue weighted by Gasteiger charge is -2.15. The van der Waals surface area contributed by atoms with Crippen molar-refractivity contribution in [1.82, 2.24) is 15.6 Å². The van der Waals surface area contributed by atoms with Gasteiger partial charge in [0.1, 0.15) is 5.84 Å². The SMILES string of the molecule is CCC(CNC)N/C=C(/C)C(N)=Nc1cnccc1C=O. The van der Waals surface area contributed by atoms with E-state index in [0.717, 1.165) is 24.8 Å². The van der Waals surface area contributed by atoms with Gasteiger partial charge in [-0.2, -0.15) is 0 Å². The minimum Gasteiger partial charge on any atom is -0.387 e. The molecule has 0 aliphatic rings. The Morgan fingerprint density at radius 2 is 2.33 bits per heavy atom. The minimum absolute atomic E-state index is 0.335. The Hall–Kier alpha value is -2.21. The Balaban J connectivity index is 2.83. The lowest BCUT2D eigenvalue weighted by atomic mass is 10.2. The molecule has 0 amide bonds. The molecule has 0 spiro atoms. The second-order valence-electron chi connectivity index (χ2n) is 4.71. The molecule has 0 aliphatic carbocycles. The number of amidine groups is 1. The molecule has 1 unspecified atom stereocenters. The Morgan fingerprint density at radius 3 is 2.95 bits per heavy atom. The molecule has 0 saturated carbocycles. The van der Waals surface area contributed by atoms with Crippen LogP contribution in [0.15, 0.2) is 35.2 Å². The van der Waals surface area contributed by atoms with Gasteiger partial charge in [0.25, 0.3) is 0 Å². The van der Waals surface area contributed by atoms with Crippen molar-refractivity contribution in [2.45, 2.75) is 26.3 Å². The van der Waals surface area contributed by atoms with Crippen molar-refractivity contribution in [3.05, 3.63) is 35.8 Å². The first-order chi connectivity index (χ1) is 10.1. The summed E-state index contributed by atoms with van der Waals surface area (Å²) in [6.07, 6.45) is 6.66. The third kappa shape index (κ3) is 5.35. The number of nitrogens with one attached hydrogen (secondary N) is 2. The minimum atomic E-state index is 0.335. The van der Waals surface area contributed by atoms with Crippen molar-refractivity contribution < 1.29 is 4.79 Å². The predicted octanol–water partition coefficient (Wildman–Crippen LogP) is 1.37. The number of hydrogen-bond acceptors (Lipinski definition) is 5. The van der Waals surface area contributed by atoms with Crippen LogP contribution in [0.2, 0.25) is 0 Å². The molecule has 6 nitrogen and oxygen atoms in total. The number of aromatic nitrogens is 1. The highest BCUT2D eigenvalue weighted by molar-refractivity contribution is 5.99. The first-order valence-corrected chi connectivity index (χ1v) is 6.93. The summed E-state index contributed by atoms with van der Waals surface area (Å²) >= 11 is 0. The fraction of sp³-hybridized carbons (Fsp3) is 0.400. The molecule has 4 N–H and O–H groups in total. The van der Waals surface area contributed by atoms with Gasteiger partial charge in [0, 0.05) is 36.1 Å². The average molecular weight is 289 g/mol. The maximum absolute atomic E-state index is 10.9. The predicted molar refractivity (Wildman–Crippen MR) is 85.8 cm³/mol. The maximum atomic E-state index is 10.9. The fourth-order valence-corrected chi connectivity index (χ4v) is 1.69. The van der Waals surface area contributed by atoms with Crippen molar-refractivity contribution in [3.63, 3.8) is 0 Å². The second kappa shape index (κ2) is 8.86. The number of nitrogens with two attached hydrogens (primary N) is 1. The van der Waals surface area contributed by atoms with Crippen LogP contribution in [0.5, 0.6) is 0 Å². The summed E-state index contributed by atoms with van der Waals surface area (Å²) in [6.45, 7) is 4.85. The first kappa shape index (κ1) is 16.8. The highest BCUT2D eigenvalue weighted by Crippen LogP contribution is 2.15. The van der Waals surface area contributed by atoms with Gasteiger partial charge in [0.2, 0.25) is 0 Å². The highest BCUT2D eigenvalue weighted by atomic mass is 16.1. The number of likely N-dealkylation sites (N-methyl/N-ethyl adjacent to an activating group) is 1. The molecule has 1 rings (SSSR count). The van der Waals surface area contributed by atoms with Crippen LogP contribution in [0.1, 0.15) is 30.6 Å². The van der Waals surface area contributed by atoms with Gasteiger partial charge in [-0.05, 0) is 26.5 Å². The maximum Gasteiger partial charge on any atom is 0.152 e. The monoisotopic (exact) mass is 289 g/mol. The number of hydrogen-bond donors (Lipinski definition) is 3. The number of carbonyl (C=O) groups is 1. The molecule has 21 heavy (non-hydrogen) atoms. The summed E-state index contributed by atoms with van der Waals surface area (Å²) < 4.78 is 0. The molecule has 6 heteroatoms. The van der Waals surface area contributed by atoms with Gasteiger partial charge in [-0.25, -0.2) is 4.99 Å². The molecule has 0 bridgehead atoms. The van der Waals surface area contributed by atoms with E-state index in [4.69, 9.17) is 5.73 Å². The standard InChI is InChI=1S/C15H23N5O/c1-4-13(8-17-3)19-7-11(2)15(16)20-14-9-18-6-5-12(14)10-21/h5-7,9-10,13,17,19H,4,8H2,1-3H3,(H2,16,20)/b11-7-. The smallest absolute Gasteiger partial charge is 0.152 e. The van der Waals surface area contributed by atoms with E-state index in [2.05, 4.69) is 27.5 Å². The zero-order valence-corrected chi connectivity index (χ0v) is 12.8. The van der Waals surface area contributed by atoms with E-state index in [1.54, 1.807) is 12.3 Å². The van der Waals surface area contributed by atoms with Crippen LogP contribution >= 0.6 is 0 Å². The Kier molecular flexibility index (Phi) is 7.11. The third-order valence-corrected chi connectivity index (χ3v) is 3.08. The number of nitrogens with zero attached hydrogens (tertiary/aromatic N) is 2. The van der Waals surface area contributed by atoms with Crippen molar-refractivity contribution in [1.29, 1.82) is 0 Å². The van der Waals surface area contributed by atoms with E-state index in [1.807, 2.05) is 20.2 Å². The average Bonchev–Trinajstić information content (AvgIpc) is 2.51. The van der Waals surface area contributed by atoms with Gasteiger partial charge in [-0.1, -0.05) is 6.92 Å². The molecule has 1 aromatic rings. The van der Waals surface area contributed by atoms with E-state index in [-0.39, 0.29) is 0 Å². The summed E-state index contributed by atoms with van der Waals surface area (Å²) in [5.41, 5.74) is 7.71. The molecule has 0 aliphatic heterocycles. The van der Waals surface area contributed by atoms with Crippen LogP contribution in [0, 0.1) is 0 Å². The van der Waals surface area contributed by atoms with Crippen molar-refractivity contribution in [3.8, 4) is 0 Å². The molecular weight excluding hydrogens is 266 g/mol. The van der Waals surface area contributed by atoms with E-state index < -0.39 is 0 Å². The topological polar surface area (TPSA) is 92.4 Å². The van der Waals surface area contributed by atoms with Crippen LogP contribution in [0.3, 0.4) is 0 Å². The number of aldehydes is 1. The van der Waals surface area contributed by atoms with Gasteiger partial charge in [-0.15, -0.1) is 0 Å². The van der Waals surface area contributed by atoms with E-state index >= 15 is 0 Å². The summed E-state index contributed by atoms with van der Waals surface area (Å²) in [7, 11) is 1.92. The summed E-state index contributed by atoms with van der Waals surface area (Å²) in [6, 6.07) is 1.94. The van der Waals surface area contributed by atoms with Crippen LogP contribution in [-0.4, -0.2) is 36.7 Å². The molecular formula is C15H23N5O. The highest BCUT2D eigenvalue weighted by Gasteiger charge is 2.04. The Bertz CT molecular complexity index is 525. The van der Waals surface area contributed by atoms with E-state index in [1.165, 1.54) is 6.20 Å². The Morgan fingerprint density at radius 1 is 1.57 bits per heavy atom. The molecule has 0 fully saturated rings. The molecule has 114 valence electrons. The summed E-state index contributed by atoms with van der Waals surface area (Å²) in [4.78, 5) is 19.1.